The number of hydrogen-bond donors (Lipinski definition) is 3. The Morgan fingerprint density at radius 2 is 2.17 bits per heavy atom. The summed E-state index contributed by atoms with van der Waals surface area (Å²) in [5.74, 6) is -0.497. The van der Waals surface area contributed by atoms with E-state index < -0.39 is 0 Å². The van der Waals surface area contributed by atoms with Crippen LogP contribution in [-0.4, -0.2) is 42.5 Å². The second kappa shape index (κ2) is 7.92. The molecule has 3 N–H and O–H groups in total. The number of aliphatic hydroxyl groups excluding tert-OH is 1. The predicted octanol–water partition coefficient (Wildman–Crippen LogP) is 1.17. The lowest BCUT2D eigenvalue weighted by atomic mass is 10.2. The zero-order chi connectivity index (χ0) is 13.4. The monoisotopic (exact) mass is 273 g/mol. The quantitative estimate of drug-likeness (QED) is 0.652. The third-order valence-electron chi connectivity index (χ3n) is 2.19. The van der Waals surface area contributed by atoms with Crippen molar-refractivity contribution in [1.82, 2.24) is 5.32 Å². The van der Waals surface area contributed by atoms with Gasteiger partial charge >= 0.3 is 0 Å². The van der Waals surface area contributed by atoms with Gasteiger partial charge in [-0.15, -0.1) is 0 Å². The fourth-order valence-electron chi connectivity index (χ4n) is 1.33. The number of phenolic OH excluding ortho intramolecular Hbond substituents is 1. The average molecular weight is 274 g/mol. The third-order valence-corrected chi connectivity index (χ3v) is 2.43. The Morgan fingerprint density at radius 1 is 1.39 bits per heavy atom. The van der Waals surface area contributed by atoms with Gasteiger partial charge in [0.25, 0.3) is 5.91 Å². The molecule has 0 atom stereocenters. The van der Waals surface area contributed by atoms with Gasteiger partial charge < -0.3 is 20.3 Å². The van der Waals surface area contributed by atoms with Crippen LogP contribution < -0.4 is 5.32 Å². The first-order valence-corrected chi connectivity index (χ1v) is 5.98. The number of ether oxygens (including phenoxy) is 1. The SMILES string of the molecule is O=C(NCCCOCCO)c1ccc(Cl)cc1O. The number of carbonyl (C=O) groups is 1. The van der Waals surface area contributed by atoms with Crippen molar-refractivity contribution < 1.29 is 19.7 Å². The maximum atomic E-state index is 11.7. The summed E-state index contributed by atoms with van der Waals surface area (Å²) in [6, 6.07) is 4.33. The molecule has 0 spiro atoms. The molecule has 0 aliphatic rings. The fraction of sp³-hybridized carbons (Fsp3) is 0.417. The summed E-state index contributed by atoms with van der Waals surface area (Å²) in [5, 5.41) is 21.0. The molecule has 0 aliphatic carbocycles. The molecule has 0 aliphatic heterocycles. The number of amides is 1. The van der Waals surface area contributed by atoms with Crippen molar-refractivity contribution in [2.45, 2.75) is 6.42 Å². The van der Waals surface area contributed by atoms with E-state index in [1.165, 1.54) is 12.1 Å². The number of aliphatic hydroxyl groups is 1. The second-order valence-corrected chi connectivity index (χ2v) is 4.04. The van der Waals surface area contributed by atoms with E-state index >= 15 is 0 Å². The smallest absolute Gasteiger partial charge is 0.255 e. The molecule has 5 nitrogen and oxygen atoms in total. The molecular formula is C12H16ClNO4. The van der Waals surface area contributed by atoms with Crippen molar-refractivity contribution in [3.63, 3.8) is 0 Å². The zero-order valence-electron chi connectivity index (χ0n) is 9.86. The highest BCUT2D eigenvalue weighted by Crippen LogP contribution is 2.21. The van der Waals surface area contributed by atoms with Gasteiger partial charge in [-0.3, -0.25) is 4.79 Å². The Hall–Kier alpha value is -1.30. The first-order valence-electron chi connectivity index (χ1n) is 5.60. The summed E-state index contributed by atoms with van der Waals surface area (Å²) in [6.07, 6.45) is 0.639. The molecule has 1 amide bonds. The van der Waals surface area contributed by atoms with Crippen molar-refractivity contribution >= 4 is 17.5 Å². The summed E-state index contributed by atoms with van der Waals surface area (Å²) < 4.78 is 5.04. The van der Waals surface area contributed by atoms with Gasteiger partial charge in [0.15, 0.2) is 0 Å². The van der Waals surface area contributed by atoms with E-state index in [4.69, 9.17) is 21.4 Å². The topological polar surface area (TPSA) is 78.8 Å². The zero-order valence-corrected chi connectivity index (χ0v) is 10.6. The van der Waals surface area contributed by atoms with Gasteiger partial charge in [-0.25, -0.2) is 0 Å². The number of hydrogen-bond acceptors (Lipinski definition) is 4. The minimum Gasteiger partial charge on any atom is -0.507 e. The molecule has 0 saturated heterocycles. The first-order chi connectivity index (χ1) is 8.65. The summed E-state index contributed by atoms with van der Waals surface area (Å²) in [5.41, 5.74) is 0.190. The molecule has 1 aromatic carbocycles. The molecule has 0 aromatic heterocycles. The number of carbonyl (C=O) groups excluding carboxylic acids is 1. The number of nitrogens with one attached hydrogen (secondary N) is 1. The lowest BCUT2D eigenvalue weighted by molar-refractivity contribution is 0.0866. The van der Waals surface area contributed by atoms with Crippen molar-refractivity contribution in [3.05, 3.63) is 28.8 Å². The Balaban J connectivity index is 2.32. The summed E-state index contributed by atoms with van der Waals surface area (Å²) in [4.78, 5) is 11.7. The average Bonchev–Trinajstić information content (AvgIpc) is 2.33. The number of phenols is 1. The van der Waals surface area contributed by atoms with Crippen molar-refractivity contribution in [2.24, 2.45) is 0 Å². The van der Waals surface area contributed by atoms with E-state index in [2.05, 4.69) is 5.32 Å². The molecule has 100 valence electrons. The highest BCUT2D eigenvalue weighted by molar-refractivity contribution is 6.30. The Morgan fingerprint density at radius 3 is 2.83 bits per heavy atom. The van der Waals surface area contributed by atoms with Gasteiger partial charge in [-0.1, -0.05) is 11.6 Å². The van der Waals surface area contributed by atoms with E-state index in [-0.39, 0.29) is 23.8 Å². The van der Waals surface area contributed by atoms with E-state index in [0.29, 0.717) is 31.2 Å². The largest absolute Gasteiger partial charge is 0.507 e. The van der Waals surface area contributed by atoms with E-state index in [0.717, 1.165) is 0 Å². The van der Waals surface area contributed by atoms with Crippen LogP contribution in [0.15, 0.2) is 18.2 Å². The van der Waals surface area contributed by atoms with Gasteiger partial charge in [0.1, 0.15) is 5.75 Å². The van der Waals surface area contributed by atoms with Crippen LogP contribution in [0.25, 0.3) is 0 Å². The van der Waals surface area contributed by atoms with Crippen molar-refractivity contribution in [2.75, 3.05) is 26.4 Å². The molecule has 1 aromatic rings. The maximum Gasteiger partial charge on any atom is 0.255 e. The first kappa shape index (κ1) is 14.8. The van der Waals surface area contributed by atoms with Gasteiger partial charge in [0.2, 0.25) is 0 Å². The van der Waals surface area contributed by atoms with Crippen LogP contribution in [0.4, 0.5) is 0 Å². The highest BCUT2D eigenvalue weighted by Gasteiger charge is 2.10. The highest BCUT2D eigenvalue weighted by atomic mass is 35.5. The van der Waals surface area contributed by atoms with Crippen LogP contribution in [0.3, 0.4) is 0 Å². The normalized spacial score (nSPS) is 10.3. The summed E-state index contributed by atoms with van der Waals surface area (Å²) in [6.45, 7) is 1.19. The minimum atomic E-state index is -0.355. The molecule has 0 saturated carbocycles. The Bertz CT molecular complexity index is 398. The number of halogens is 1. The molecule has 0 heterocycles. The van der Waals surface area contributed by atoms with Crippen LogP contribution in [0, 0.1) is 0 Å². The lowest BCUT2D eigenvalue weighted by Gasteiger charge is -2.07. The molecule has 1 rings (SSSR count). The predicted molar refractivity (Wildman–Crippen MR) is 68.0 cm³/mol. The van der Waals surface area contributed by atoms with Crippen LogP contribution in [-0.2, 0) is 4.74 Å². The summed E-state index contributed by atoms with van der Waals surface area (Å²) in [7, 11) is 0. The maximum absolute atomic E-state index is 11.7. The van der Waals surface area contributed by atoms with E-state index in [1.807, 2.05) is 0 Å². The molecule has 0 unspecified atom stereocenters. The second-order valence-electron chi connectivity index (χ2n) is 3.61. The number of rotatable bonds is 7. The number of aromatic hydroxyl groups is 1. The molecule has 6 heteroatoms. The summed E-state index contributed by atoms with van der Waals surface area (Å²) >= 11 is 5.67. The van der Waals surface area contributed by atoms with Crippen LogP contribution in [0.2, 0.25) is 5.02 Å². The van der Waals surface area contributed by atoms with Crippen molar-refractivity contribution in [1.29, 1.82) is 0 Å². The van der Waals surface area contributed by atoms with E-state index in [9.17, 15) is 9.90 Å². The lowest BCUT2D eigenvalue weighted by Crippen LogP contribution is -2.25. The van der Waals surface area contributed by atoms with Crippen LogP contribution in [0.1, 0.15) is 16.8 Å². The molecule has 0 fully saturated rings. The Kier molecular flexibility index (Phi) is 6.49. The molecular weight excluding hydrogens is 258 g/mol. The minimum absolute atomic E-state index is 0.00892. The fourth-order valence-corrected chi connectivity index (χ4v) is 1.50. The third kappa shape index (κ3) is 4.91. The number of benzene rings is 1. The van der Waals surface area contributed by atoms with Gasteiger partial charge in [-0.05, 0) is 24.6 Å². The van der Waals surface area contributed by atoms with Gasteiger partial charge in [0.05, 0.1) is 18.8 Å². The molecule has 18 heavy (non-hydrogen) atoms. The van der Waals surface area contributed by atoms with Crippen molar-refractivity contribution in [3.8, 4) is 5.75 Å². The van der Waals surface area contributed by atoms with E-state index in [1.54, 1.807) is 6.07 Å². The Labute approximate surface area is 110 Å². The van der Waals surface area contributed by atoms with Crippen LogP contribution >= 0.6 is 11.6 Å². The van der Waals surface area contributed by atoms with Gasteiger partial charge in [-0.2, -0.15) is 0 Å². The molecule has 0 bridgehead atoms. The van der Waals surface area contributed by atoms with Crippen LogP contribution in [0.5, 0.6) is 5.75 Å². The standard InChI is InChI=1S/C12H16ClNO4/c13-9-2-3-10(11(16)8-9)12(17)14-4-1-6-18-7-5-15/h2-3,8,15-16H,1,4-7H2,(H,14,17). The molecule has 0 radical (unpaired) electrons. The van der Waals surface area contributed by atoms with Gasteiger partial charge in [0, 0.05) is 18.2 Å².